The molecule has 1 N–H and O–H groups in total. The Bertz CT molecular complexity index is 1480. The lowest BCUT2D eigenvalue weighted by molar-refractivity contribution is 0.575. The van der Waals surface area contributed by atoms with E-state index in [1.165, 1.54) is 28.5 Å². The van der Waals surface area contributed by atoms with Crippen LogP contribution in [-0.2, 0) is 5.75 Å². The van der Waals surface area contributed by atoms with Crippen LogP contribution < -0.4 is 5.56 Å². The summed E-state index contributed by atoms with van der Waals surface area (Å²) in [6, 6.07) is 19.6. The molecule has 0 bridgehead atoms. The van der Waals surface area contributed by atoms with Crippen LogP contribution in [0.3, 0.4) is 0 Å². The van der Waals surface area contributed by atoms with Crippen molar-refractivity contribution < 1.29 is 8.78 Å². The fraction of sp³-hybridized carbons (Fsp3) is 0.0435. The van der Waals surface area contributed by atoms with E-state index in [-0.39, 0.29) is 17.0 Å². The molecule has 0 aliphatic carbocycles. The molecule has 0 aliphatic heterocycles. The van der Waals surface area contributed by atoms with Crippen LogP contribution >= 0.6 is 11.8 Å². The summed E-state index contributed by atoms with van der Waals surface area (Å²) in [5.41, 5.74) is 1.20. The quantitative estimate of drug-likeness (QED) is 0.394. The summed E-state index contributed by atoms with van der Waals surface area (Å²) in [6.45, 7) is 0. The number of nitrogens with zero attached hydrogens (tertiary/aromatic N) is 4. The number of fused-ring (bicyclic) bond motifs is 1. The van der Waals surface area contributed by atoms with Crippen LogP contribution in [0.2, 0.25) is 0 Å². The number of hydrogen-bond acceptors (Lipinski definition) is 5. The van der Waals surface area contributed by atoms with E-state index in [1.54, 1.807) is 18.2 Å². The molecule has 0 aliphatic rings. The van der Waals surface area contributed by atoms with Gasteiger partial charge in [-0.05, 0) is 24.3 Å². The minimum absolute atomic E-state index is 0.123. The lowest BCUT2D eigenvalue weighted by Crippen LogP contribution is -2.11. The molecule has 2 heterocycles. The Morgan fingerprint density at radius 2 is 1.72 bits per heavy atom. The Labute approximate surface area is 185 Å². The van der Waals surface area contributed by atoms with Gasteiger partial charge >= 0.3 is 0 Å². The van der Waals surface area contributed by atoms with Crippen LogP contribution in [0.5, 0.6) is 0 Å². The fourth-order valence-electron chi connectivity index (χ4n) is 3.35. The van der Waals surface area contributed by atoms with Gasteiger partial charge in [-0.3, -0.25) is 9.36 Å². The lowest BCUT2D eigenvalue weighted by atomic mass is 10.2. The van der Waals surface area contributed by atoms with Crippen molar-refractivity contribution in [2.24, 2.45) is 0 Å². The summed E-state index contributed by atoms with van der Waals surface area (Å²) in [7, 11) is 0. The van der Waals surface area contributed by atoms with Crippen molar-refractivity contribution >= 4 is 22.7 Å². The topological polar surface area (TPSA) is 76.5 Å². The van der Waals surface area contributed by atoms with Crippen molar-refractivity contribution in [2.45, 2.75) is 10.9 Å². The number of halogens is 2. The second kappa shape index (κ2) is 8.35. The zero-order chi connectivity index (χ0) is 22.1. The number of aromatic nitrogens is 5. The average molecular weight is 447 g/mol. The highest BCUT2D eigenvalue weighted by Gasteiger charge is 2.19. The highest BCUT2D eigenvalue weighted by Crippen LogP contribution is 2.30. The minimum atomic E-state index is -0.735. The molecule has 32 heavy (non-hydrogen) atoms. The minimum Gasteiger partial charge on any atom is -0.309 e. The van der Waals surface area contributed by atoms with E-state index in [9.17, 15) is 13.6 Å². The fourth-order valence-corrected chi connectivity index (χ4v) is 4.17. The van der Waals surface area contributed by atoms with Gasteiger partial charge in [0.05, 0.1) is 22.3 Å². The number of H-pyrrole nitrogens is 1. The summed E-state index contributed by atoms with van der Waals surface area (Å²) < 4.78 is 29.8. The van der Waals surface area contributed by atoms with Crippen LogP contribution in [-0.4, -0.2) is 24.7 Å². The molecule has 3 aromatic carbocycles. The molecular weight excluding hydrogens is 432 g/mol. The number of hydrogen-bond donors (Lipinski definition) is 1. The van der Waals surface area contributed by atoms with Gasteiger partial charge in [-0.2, -0.15) is 0 Å². The zero-order valence-corrected chi connectivity index (χ0v) is 17.3. The zero-order valence-electron chi connectivity index (χ0n) is 16.5. The third-order valence-corrected chi connectivity index (χ3v) is 5.76. The van der Waals surface area contributed by atoms with E-state index in [1.807, 2.05) is 36.4 Å². The summed E-state index contributed by atoms with van der Waals surface area (Å²) in [6.07, 6.45) is 0. The van der Waals surface area contributed by atoms with Crippen LogP contribution in [0.15, 0.2) is 82.7 Å². The molecule has 5 aromatic rings. The van der Waals surface area contributed by atoms with Crippen molar-refractivity contribution in [1.82, 2.24) is 24.7 Å². The molecule has 158 valence electrons. The normalized spacial score (nSPS) is 11.2. The first-order valence-electron chi connectivity index (χ1n) is 9.67. The Hall–Kier alpha value is -3.85. The molecular formula is C23H15F2N5OS. The number of thioether (sulfide) groups is 1. The average Bonchev–Trinajstić information content (AvgIpc) is 3.22. The third kappa shape index (κ3) is 3.78. The maximum Gasteiger partial charge on any atom is 0.258 e. The molecule has 9 heteroatoms. The van der Waals surface area contributed by atoms with Gasteiger partial charge in [0.25, 0.3) is 5.56 Å². The Morgan fingerprint density at radius 1 is 0.938 bits per heavy atom. The highest BCUT2D eigenvalue weighted by molar-refractivity contribution is 7.98. The van der Waals surface area contributed by atoms with Gasteiger partial charge in [-0.15, -0.1) is 10.2 Å². The standard InChI is InChI=1S/C23H15F2N5OS/c24-15-10-11-19(17(25)12-15)30-21(14-6-2-1-3-7-14)28-29-23(30)32-13-20-26-18-9-5-4-8-16(18)22(31)27-20/h1-12H,13H2,(H,26,27,31). The molecule has 0 saturated carbocycles. The van der Waals surface area contributed by atoms with Crippen molar-refractivity contribution in [1.29, 1.82) is 0 Å². The van der Waals surface area contributed by atoms with Crippen LogP contribution in [0.25, 0.3) is 28.0 Å². The van der Waals surface area contributed by atoms with Gasteiger partial charge in [-0.25, -0.2) is 13.8 Å². The van der Waals surface area contributed by atoms with E-state index < -0.39 is 11.6 Å². The van der Waals surface area contributed by atoms with Gasteiger partial charge in [0.2, 0.25) is 0 Å². The van der Waals surface area contributed by atoms with E-state index in [0.29, 0.717) is 27.7 Å². The Kier molecular flexibility index (Phi) is 5.24. The first kappa shape index (κ1) is 20.1. The second-order valence-electron chi connectivity index (χ2n) is 6.92. The molecule has 0 amide bonds. The summed E-state index contributed by atoms with van der Waals surface area (Å²) in [4.78, 5) is 19.6. The maximum absolute atomic E-state index is 14.7. The molecule has 5 rings (SSSR count). The number of nitrogens with one attached hydrogen (secondary N) is 1. The van der Waals surface area contributed by atoms with Crippen LogP contribution in [0, 0.1) is 11.6 Å². The third-order valence-electron chi connectivity index (χ3n) is 4.82. The largest absolute Gasteiger partial charge is 0.309 e. The van der Waals surface area contributed by atoms with E-state index in [4.69, 9.17) is 0 Å². The molecule has 0 unspecified atom stereocenters. The lowest BCUT2D eigenvalue weighted by Gasteiger charge is -2.11. The van der Waals surface area contributed by atoms with Gasteiger partial charge in [-0.1, -0.05) is 54.2 Å². The highest BCUT2D eigenvalue weighted by atomic mass is 32.2. The number of para-hydroxylation sites is 1. The smallest absolute Gasteiger partial charge is 0.258 e. The molecule has 6 nitrogen and oxygen atoms in total. The molecule has 0 radical (unpaired) electrons. The summed E-state index contributed by atoms with van der Waals surface area (Å²) in [5, 5.41) is 9.36. The summed E-state index contributed by atoms with van der Waals surface area (Å²) in [5.74, 6) is -0.267. The van der Waals surface area contributed by atoms with Crippen molar-refractivity contribution in [3.63, 3.8) is 0 Å². The van der Waals surface area contributed by atoms with Crippen molar-refractivity contribution in [2.75, 3.05) is 0 Å². The van der Waals surface area contributed by atoms with Gasteiger partial charge in [0.15, 0.2) is 11.0 Å². The first-order valence-corrected chi connectivity index (χ1v) is 10.7. The van der Waals surface area contributed by atoms with Gasteiger partial charge < -0.3 is 4.98 Å². The van der Waals surface area contributed by atoms with E-state index in [0.717, 1.165) is 11.6 Å². The molecule has 0 fully saturated rings. The Balaban J connectivity index is 1.56. The van der Waals surface area contributed by atoms with Gasteiger partial charge in [0, 0.05) is 11.6 Å². The molecule has 0 atom stereocenters. The van der Waals surface area contributed by atoms with Gasteiger partial charge in [0.1, 0.15) is 17.5 Å². The predicted octanol–water partition coefficient (Wildman–Crippen LogP) is 4.74. The van der Waals surface area contributed by atoms with Crippen molar-refractivity contribution in [3.8, 4) is 17.1 Å². The summed E-state index contributed by atoms with van der Waals surface area (Å²) >= 11 is 1.24. The van der Waals surface area contributed by atoms with Crippen molar-refractivity contribution in [3.05, 3.63) is 101 Å². The molecule has 0 saturated heterocycles. The number of rotatable bonds is 5. The second-order valence-corrected chi connectivity index (χ2v) is 7.86. The first-order chi connectivity index (χ1) is 15.6. The molecule has 0 spiro atoms. The Morgan fingerprint density at radius 3 is 2.53 bits per heavy atom. The van der Waals surface area contributed by atoms with E-state index in [2.05, 4.69) is 20.2 Å². The maximum atomic E-state index is 14.7. The monoisotopic (exact) mass is 447 g/mol. The predicted molar refractivity (Wildman–Crippen MR) is 119 cm³/mol. The number of benzene rings is 3. The van der Waals surface area contributed by atoms with Crippen LogP contribution in [0.4, 0.5) is 8.78 Å². The number of aromatic amines is 1. The SMILES string of the molecule is O=c1[nH]c(CSc2nnc(-c3ccccc3)n2-c2ccc(F)cc2F)nc2ccccc12. The van der Waals surface area contributed by atoms with Crippen LogP contribution in [0.1, 0.15) is 5.82 Å². The molecule has 2 aromatic heterocycles. The van der Waals surface area contributed by atoms with E-state index >= 15 is 0 Å².